The van der Waals surface area contributed by atoms with Gasteiger partial charge in [-0.3, -0.25) is 4.68 Å². The lowest BCUT2D eigenvalue weighted by Gasteiger charge is -2.08. The molecule has 0 unspecified atom stereocenters. The Morgan fingerprint density at radius 3 is 2.77 bits per heavy atom. The van der Waals surface area contributed by atoms with Crippen LogP contribution in [0.2, 0.25) is 0 Å². The summed E-state index contributed by atoms with van der Waals surface area (Å²) in [7, 11) is 2.03. The highest BCUT2D eigenvalue weighted by Crippen LogP contribution is 2.31. The molecule has 1 aliphatic carbocycles. The minimum atomic E-state index is 0.651. The van der Waals surface area contributed by atoms with Crippen LogP contribution in [0.4, 0.5) is 0 Å². The molecule has 2 heteroatoms. The molecule has 0 saturated heterocycles. The minimum Gasteiger partial charge on any atom is -0.272 e. The lowest BCUT2D eigenvalue weighted by Crippen LogP contribution is -2.04. The van der Waals surface area contributed by atoms with E-state index in [-0.39, 0.29) is 0 Å². The predicted molar refractivity (Wildman–Crippen MR) is 53.7 cm³/mol. The van der Waals surface area contributed by atoms with Crippen molar-refractivity contribution in [2.75, 3.05) is 0 Å². The summed E-state index contributed by atoms with van der Waals surface area (Å²) >= 11 is 0. The highest BCUT2D eigenvalue weighted by atomic mass is 15.3. The first-order valence-electron chi connectivity index (χ1n) is 4.76. The molecule has 0 N–H and O–H groups in total. The second-order valence-electron chi connectivity index (χ2n) is 4.09. The molecule has 1 aromatic rings. The van der Waals surface area contributed by atoms with Gasteiger partial charge in [-0.2, -0.15) is 5.10 Å². The largest absolute Gasteiger partial charge is 0.272 e. The van der Waals surface area contributed by atoms with E-state index in [1.165, 1.54) is 22.5 Å². The number of fused-ring (bicyclic) bond motifs is 1. The maximum Gasteiger partial charge on any atom is 0.0628 e. The Labute approximate surface area is 79.3 Å². The Morgan fingerprint density at radius 1 is 1.54 bits per heavy atom. The predicted octanol–water partition coefficient (Wildman–Crippen LogP) is 2.02. The lowest BCUT2D eigenvalue weighted by molar-refractivity contribution is 0.612. The molecule has 70 valence electrons. The third-order valence-electron chi connectivity index (χ3n) is 3.06. The summed E-state index contributed by atoms with van der Waals surface area (Å²) < 4.78 is 2.02. The Balaban J connectivity index is 2.36. The van der Waals surface area contributed by atoms with Gasteiger partial charge in [0.1, 0.15) is 0 Å². The van der Waals surface area contributed by atoms with Crippen molar-refractivity contribution in [3.05, 3.63) is 29.1 Å². The quantitative estimate of drug-likeness (QED) is 0.599. The molecule has 1 aromatic heterocycles. The third-order valence-corrected chi connectivity index (χ3v) is 3.06. The van der Waals surface area contributed by atoms with Gasteiger partial charge >= 0.3 is 0 Å². The van der Waals surface area contributed by atoms with Gasteiger partial charge in [-0.05, 0) is 38.2 Å². The van der Waals surface area contributed by atoms with Crippen LogP contribution in [0.15, 0.2) is 12.2 Å². The van der Waals surface area contributed by atoms with Gasteiger partial charge in [0.05, 0.1) is 5.69 Å². The fourth-order valence-corrected chi connectivity index (χ4v) is 2.17. The summed E-state index contributed by atoms with van der Waals surface area (Å²) in [6.45, 7) is 8.25. The molecule has 0 aromatic carbocycles. The van der Waals surface area contributed by atoms with Crippen molar-refractivity contribution in [3.63, 3.8) is 0 Å². The molecule has 2 rings (SSSR count). The number of rotatable bonds is 1. The Kier molecular flexibility index (Phi) is 1.79. The van der Waals surface area contributed by atoms with E-state index in [9.17, 15) is 0 Å². The molecule has 0 spiro atoms. The van der Waals surface area contributed by atoms with Crippen molar-refractivity contribution in [1.82, 2.24) is 9.78 Å². The molecule has 0 fully saturated rings. The number of aromatic nitrogens is 2. The van der Waals surface area contributed by atoms with Crippen molar-refractivity contribution < 1.29 is 0 Å². The maximum absolute atomic E-state index is 4.41. The van der Waals surface area contributed by atoms with Crippen LogP contribution in [0.1, 0.15) is 23.9 Å². The fourth-order valence-electron chi connectivity index (χ4n) is 2.17. The standard InChI is InChI=1S/C11H16N2/c1-7(2)9-5-10-8(3)12-13(4)11(10)6-9/h9H,1,5-6H2,2-4H3/t9-/m1/s1. The molecule has 0 amide bonds. The zero-order chi connectivity index (χ0) is 9.59. The number of hydrogen-bond acceptors (Lipinski definition) is 1. The van der Waals surface area contributed by atoms with E-state index in [1.807, 2.05) is 11.7 Å². The summed E-state index contributed by atoms with van der Waals surface area (Å²) in [6, 6.07) is 0. The smallest absolute Gasteiger partial charge is 0.0628 e. The molecule has 0 saturated carbocycles. The summed E-state index contributed by atoms with van der Waals surface area (Å²) in [5, 5.41) is 4.41. The first kappa shape index (κ1) is 8.54. The molecule has 0 aliphatic heterocycles. The lowest BCUT2D eigenvalue weighted by atomic mass is 9.99. The topological polar surface area (TPSA) is 17.8 Å². The molecule has 1 heterocycles. The van der Waals surface area contributed by atoms with Crippen LogP contribution in [0.25, 0.3) is 0 Å². The van der Waals surface area contributed by atoms with Gasteiger partial charge in [0, 0.05) is 12.7 Å². The van der Waals surface area contributed by atoms with Gasteiger partial charge in [0.25, 0.3) is 0 Å². The number of aryl methyl sites for hydroxylation is 2. The number of hydrogen-bond donors (Lipinski definition) is 0. The van der Waals surface area contributed by atoms with Crippen LogP contribution < -0.4 is 0 Å². The summed E-state index contributed by atoms with van der Waals surface area (Å²) in [5.74, 6) is 0.651. The fraction of sp³-hybridized carbons (Fsp3) is 0.545. The van der Waals surface area contributed by atoms with Crippen molar-refractivity contribution in [3.8, 4) is 0 Å². The molecule has 1 atom stereocenters. The van der Waals surface area contributed by atoms with E-state index in [1.54, 1.807) is 0 Å². The normalized spacial score (nSPS) is 20.4. The van der Waals surface area contributed by atoms with E-state index in [2.05, 4.69) is 25.5 Å². The zero-order valence-corrected chi connectivity index (χ0v) is 8.59. The monoisotopic (exact) mass is 176 g/mol. The third kappa shape index (κ3) is 1.21. The van der Waals surface area contributed by atoms with Crippen molar-refractivity contribution in [2.45, 2.75) is 26.7 Å². The van der Waals surface area contributed by atoms with Crippen LogP contribution in [0.5, 0.6) is 0 Å². The number of nitrogens with zero attached hydrogens (tertiary/aromatic N) is 2. The molecular formula is C11H16N2. The van der Waals surface area contributed by atoms with E-state index < -0.39 is 0 Å². The van der Waals surface area contributed by atoms with Crippen LogP contribution >= 0.6 is 0 Å². The van der Waals surface area contributed by atoms with Gasteiger partial charge in [-0.25, -0.2) is 0 Å². The summed E-state index contributed by atoms with van der Waals surface area (Å²) in [5.41, 5.74) is 5.36. The van der Waals surface area contributed by atoms with Crippen molar-refractivity contribution in [1.29, 1.82) is 0 Å². The van der Waals surface area contributed by atoms with Gasteiger partial charge in [-0.1, -0.05) is 12.2 Å². The molecule has 0 bridgehead atoms. The van der Waals surface area contributed by atoms with Crippen molar-refractivity contribution >= 4 is 0 Å². The van der Waals surface area contributed by atoms with E-state index in [0.717, 1.165) is 12.8 Å². The highest BCUT2D eigenvalue weighted by molar-refractivity contribution is 5.33. The summed E-state index contributed by atoms with van der Waals surface area (Å²) in [4.78, 5) is 0. The van der Waals surface area contributed by atoms with Gasteiger partial charge in [0.15, 0.2) is 0 Å². The molecule has 2 nitrogen and oxygen atoms in total. The van der Waals surface area contributed by atoms with Gasteiger partial charge < -0.3 is 0 Å². The molecule has 1 aliphatic rings. The van der Waals surface area contributed by atoms with Gasteiger partial charge in [-0.15, -0.1) is 0 Å². The van der Waals surface area contributed by atoms with E-state index in [4.69, 9.17) is 0 Å². The second-order valence-corrected chi connectivity index (χ2v) is 4.09. The first-order valence-corrected chi connectivity index (χ1v) is 4.76. The molecular weight excluding hydrogens is 160 g/mol. The Bertz CT molecular complexity index is 334. The van der Waals surface area contributed by atoms with Gasteiger partial charge in [0.2, 0.25) is 0 Å². The number of allylic oxidation sites excluding steroid dienone is 1. The first-order chi connectivity index (χ1) is 6.09. The average Bonchev–Trinajstić information content (AvgIpc) is 2.55. The van der Waals surface area contributed by atoms with E-state index in [0.29, 0.717) is 5.92 Å². The SMILES string of the molecule is C=C(C)[C@@H]1Cc2c(C)nn(C)c2C1. The molecule has 0 radical (unpaired) electrons. The second kappa shape index (κ2) is 2.72. The Hall–Kier alpha value is -1.05. The van der Waals surface area contributed by atoms with Crippen LogP contribution in [0, 0.1) is 12.8 Å². The Morgan fingerprint density at radius 2 is 2.23 bits per heavy atom. The molecule has 13 heavy (non-hydrogen) atoms. The average molecular weight is 176 g/mol. The maximum atomic E-state index is 4.41. The van der Waals surface area contributed by atoms with E-state index >= 15 is 0 Å². The van der Waals surface area contributed by atoms with Crippen LogP contribution in [0.3, 0.4) is 0 Å². The van der Waals surface area contributed by atoms with Crippen LogP contribution in [-0.2, 0) is 19.9 Å². The minimum absolute atomic E-state index is 0.651. The summed E-state index contributed by atoms with van der Waals surface area (Å²) in [6.07, 6.45) is 2.27. The van der Waals surface area contributed by atoms with Crippen LogP contribution in [-0.4, -0.2) is 9.78 Å². The zero-order valence-electron chi connectivity index (χ0n) is 8.59. The highest BCUT2D eigenvalue weighted by Gasteiger charge is 2.26. The van der Waals surface area contributed by atoms with Crippen molar-refractivity contribution in [2.24, 2.45) is 13.0 Å².